The number of rotatable bonds is 5. The summed E-state index contributed by atoms with van der Waals surface area (Å²) in [5.41, 5.74) is 6.48. The number of carboxylic acid groups (broad SMARTS) is 1. The van der Waals surface area contributed by atoms with Crippen molar-refractivity contribution in [2.24, 2.45) is 5.92 Å². The molecule has 0 aromatic heterocycles. The first-order valence-corrected chi connectivity index (χ1v) is 6.56. The monoisotopic (exact) mass is 285 g/mol. The SMILES string of the molecule is Nc1ccc(OC(F)F)cc1C(C(=O)O)C1CCCC1. The van der Waals surface area contributed by atoms with E-state index < -0.39 is 18.5 Å². The normalized spacial score (nSPS) is 17.4. The molecule has 2 rings (SSSR count). The van der Waals surface area contributed by atoms with Gasteiger partial charge >= 0.3 is 12.6 Å². The summed E-state index contributed by atoms with van der Waals surface area (Å²) in [6, 6.07) is 4.05. The van der Waals surface area contributed by atoms with E-state index in [1.165, 1.54) is 18.2 Å². The van der Waals surface area contributed by atoms with Crippen LogP contribution in [0.5, 0.6) is 5.75 Å². The van der Waals surface area contributed by atoms with E-state index in [0.717, 1.165) is 25.7 Å². The van der Waals surface area contributed by atoms with Crippen LogP contribution in [0.3, 0.4) is 0 Å². The van der Waals surface area contributed by atoms with Crippen molar-refractivity contribution in [1.82, 2.24) is 0 Å². The number of benzene rings is 1. The maximum atomic E-state index is 12.2. The van der Waals surface area contributed by atoms with E-state index in [1.54, 1.807) is 0 Å². The molecular formula is C14H17F2NO3. The number of hydrogen-bond acceptors (Lipinski definition) is 3. The second kappa shape index (κ2) is 6.07. The highest BCUT2D eigenvalue weighted by molar-refractivity contribution is 5.79. The van der Waals surface area contributed by atoms with Crippen molar-refractivity contribution in [3.05, 3.63) is 23.8 Å². The Kier molecular flexibility index (Phi) is 4.42. The summed E-state index contributed by atoms with van der Waals surface area (Å²) in [5.74, 6) is -1.80. The number of halogens is 2. The molecule has 0 amide bonds. The number of alkyl halides is 2. The summed E-state index contributed by atoms with van der Waals surface area (Å²) in [4.78, 5) is 11.5. The molecule has 4 nitrogen and oxygen atoms in total. The zero-order valence-electron chi connectivity index (χ0n) is 10.9. The number of ether oxygens (including phenoxy) is 1. The molecule has 1 aromatic carbocycles. The molecule has 0 bridgehead atoms. The average molecular weight is 285 g/mol. The van der Waals surface area contributed by atoms with Crippen LogP contribution in [0.2, 0.25) is 0 Å². The highest BCUT2D eigenvalue weighted by Crippen LogP contribution is 2.40. The Morgan fingerprint density at radius 2 is 2.00 bits per heavy atom. The molecule has 0 radical (unpaired) electrons. The summed E-state index contributed by atoms with van der Waals surface area (Å²) in [6.45, 7) is -2.94. The molecule has 1 unspecified atom stereocenters. The van der Waals surface area contributed by atoms with Crippen LogP contribution in [-0.2, 0) is 4.79 Å². The lowest BCUT2D eigenvalue weighted by Gasteiger charge is -2.21. The number of nitrogens with two attached hydrogens (primary N) is 1. The molecule has 0 aliphatic heterocycles. The summed E-state index contributed by atoms with van der Waals surface area (Å²) in [7, 11) is 0. The third-order valence-electron chi connectivity index (χ3n) is 3.76. The highest BCUT2D eigenvalue weighted by Gasteiger charge is 2.33. The molecule has 3 N–H and O–H groups in total. The van der Waals surface area contributed by atoms with Gasteiger partial charge < -0.3 is 15.6 Å². The topological polar surface area (TPSA) is 72.5 Å². The fourth-order valence-electron chi connectivity index (χ4n) is 2.88. The lowest BCUT2D eigenvalue weighted by Crippen LogP contribution is -2.21. The molecule has 0 heterocycles. The van der Waals surface area contributed by atoms with Crippen LogP contribution in [0.4, 0.5) is 14.5 Å². The van der Waals surface area contributed by atoms with Gasteiger partial charge in [-0.3, -0.25) is 4.79 Å². The summed E-state index contributed by atoms with van der Waals surface area (Å²) < 4.78 is 28.8. The second-order valence-corrected chi connectivity index (χ2v) is 5.03. The van der Waals surface area contributed by atoms with E-state index in [4.69, 9.17) is 5.73 Å². The number of carbonyl (C=O) groups is 1. The van der Waals surface area contributed by atoms with Gasteiger partial charge in [0.2, 0.25) is 0 Å². The largest absolute Gasteiger partial charge is 0.481 e. The minimum atomic E-state index is -2.94. The molecular weight excluding hydrogens is 268 g/mol. The quantitative estimate of drug-likeness (QED) is 0.815. The first-order chi connectivity index (χ1) is 9.49. The molecule has 20 heavy (non-hydrogen) atoms. The number of hydrogen-bond donors (Lipinski definition) is 2. The fraction of sp³-hybridized carbons (Fsp3) is 0.500. The highest BCUT2D eigenvalue weighted by atomic mass is 19.3. The van der Waals surface area contributed by atoms with Crippen LogP contribution < -0.4 is 10.5 Å². The van der Waals surface area contributed by atoms with Gasteiger partial charge in [0.25, 0.3) is 0 Å². The summed E-state index contributed by atoms with van der Waals surface area (Å²) in [6.07, 6.45) is 3.61. The van der Waals surface area contributed by atoms with Crippen molar-refractivity contribution < 1.29 is 23.4 Å². The van der Waals surface area contributed by atoms with Gasteiger partial charge in [0.1, 0.15) is 5.75 Å². The summed E-state index contributed by atoms with van der Waals surface area (Å²) >= 11 is 0. The zero-order chi connectivity index (χ0) is 14.7. The maximum Gasteiger partial charge on any atom is 0.387 e. The smallest absolute Gasteiger partial charge is 0.387 e. The molecule has 0 saturated heterocycles. The third-order valence-corrected chi connectivity index (χ3v) is 3.76. The van der Waals surface area contributed by atoms with Gasteiger partial charge in [0, 0.05) is 5.69 Å². The Morgan fingerprint density at radius 1 is 1.35 bits per heavy atom. The molecule has 1 saturated carbocycles. The van der Waals surface area contributed by atoms with E-state index >= 15 is 0 Å². The Balaban J connectivity index is 2.33. The Hall–Kier alpha value is -1.85. The maximum absolute atomic E-state index is 12.2. The van der Waals surface area contributed by atoms with Crippen LogP contribution >= 0.6 is 0 Å². The molecule has 0 spiro atoms. The molecule has 1 aliphatic carbocycles. The Labute approximate surface area is 115 Å². The molecule has 1 atom stereocenters. The second-order valence-electron chi connectivity index (χ2n) is 5.03. The van der Waals surface area contributed by atoms with Crippen molar-refractivity contribution in [1.29, 1.82) is 0 Å². The van der Waals surface area contributed by atoms with Crippen molar-refractivity contribution in [2.75, 3.05) is 5.73 Å². The van der Waals surface area contributed by atoms with Crippen molar-refractivity contribution in [3.8, 4) is 5.75 Å². The van der Waals surface area contributed by atoms with E-state index in [-0.39, 0.29) is 11.7 Å². The van der Waals surface area contributed by atoms with Gasteiger partial charge in [-0.1, -0.05) is 12.8 Å². The minimum absolute atomic E-state index is 0.00315. The molecule has 1 aliphatic rings. The van der Waals surface area contributed by atoms with Crippen LogP contribution in [0.1, 0.15) is 37.2 Å². The molecule has 110 valence electrons. The minimum Gasteiger partial charge on any atom is -0.481 e. The van der Waals surface area contributed by atoms with Crippen molar-refractivity contribution in [2.45, 2.75) is 38.2 Å². The van der Waals surface area contributed by atoms with E-state index in [0.29, 0.717) is 11.3 Å². The Morgan fingerprint density at radius 3 is 2.55 bits per heavy atom. The van der Waals surface area contributed by atoms with Crippen LogP contribution in [0.15, 0.2) is 18.2 Å². The number of nitrogen functional groups attached to an aromatic ring is 1. The molecule has 1 fully saturated rings. The predicted molar refractivity (Wildman–Crippen MR) is 69.8 cm³/mol. The lowest BCUT2D eigenvalue weighted by atomic mass is 9.84. The van der Waals surface area contributed by atoms with Gasteiger partial charge in [-0.2, -0.15) is 8.78 Å². The van der Waals surface area contributed by atoms with Crippen molar-refractivity contribution >= 4 is 11.7 Å². The van der Waals surface area contributed by atoms with Crippen LogP contribution in [-0.4, -0.2) is 17.7 Å². The number of aliphatic carboxylic acids is 1. The van der Waals surface area contributed by atoms with Gasteiger partial charge in [0.05, 0.1) is 5.92 Å². The Bertz CT molecular complexity index is 487. The third kappa shape index (κ3) is 3.18. The molecule has 6 heteroatoms. The van der Waals surface area contributed by atoms with E-state index in [2.05, 4.69) is 4.74 Å². The lowest BCUT2D eigenvalue weighted by molar-refractivity contribution is -0.140. The van der Waals surface area contributed by atoms with E-state index in [1.807, 2.05) is 0 Å². The summed E-state index contributed by atoms with van der Waals surface area (Å²) in [5, 5.41) is 9.44. The number of anilines is 1. The fourth-order valence-corrected chi connectivity index (χ4v) is 2.88. The first-order valence-electron chi connectivity index (χ1n) is 6.56. The van der Waals surface area contributed by atoms with E-state index in [9.17, 15) is 18.7 Å². The molecule has 1 aromatic rings. The van der Waals surface area contributed by atoms with Crippen LogP contribution in [0, 0.1) is 5.92 Å². The van der Waals surface area contributed by atoms with Gasteiger partial charge in [-0.25, -0.2) is 0 Å². The van der Waals surface area contributed by atoms with Gasteiger partial charge in [0.15, 0.2) is 0 Å². The standard InChI is InChI=1S/C14H17F2NO3/c15-14(16)20-9-5-6-11(17)10(7-9)12(13(18)19)8-3-1-2-4-8/h5-8,12,14H,1-4,17H2,(H,18,19). The van der Waals surface area contributed by atoms with Crippen LogP contribution in [0.25, 0.3) is 0 Å². The zero-order valence-corrected chi connectivity index (χ0v) is 10.9. The average Bonchev–Trinajstić information content (AvgIpc) is 2.86. The van der Waals surface area contributed by atoms with Gasteiger partial charge in [-0.05, 0) is 42.5 Å². The van der Waals surface area contributed by atoms with Gasteiger partial charge in [-0.15, -0.1) is 0 Å². The first kappa shape index (κ1) is 14.6. The van der Waals surface area contributed by atoms with Crippen molar-refractivity contribution in [3.63, 3.8) is 0 Å². The number of carboxylic acids is 1. The predicted octanol–water partition coefficient (Wildman–Crippen LogP) is 3.23.